The lowest BCUT2D eigenvalue weighted by Crippen LogP contribution is -2.42. The predicted octanol–water partition coefficient (Wildman–Crippen LogP) is 3.91. The van der Waals surface area contributed by atoms with Crippen molar-refractivity contribution >= 4 is 35.5 Å². The van der Waals surface area contributed by atoms with E-state index in [0.29, 0.717) is 17.1 Å². The van der Waals surface area contributed by atoms with Crippen LogP contribution in [0.4, 0.5) is 0 Å². The zero-order valence-corrected chi connectivity index (χ0v) is 16.3. The average Bonchev–Trinajstić information content (AvgIpc) is 3.15. The number of aromatic carboxylic acids is 1. The summed E-state index contributed by atoms with van der Waals surface area (Å²) >= 11 is 5.89. The quantitative estimate of drug-likeness (QED) is 0.604. The van der Waals surface area contributed by atoms with Crippen LogP contribution in [0.1, 0.15) is 30.0 Å². The van der Waals surface area contributed by atoms with Gasteiger partial charge in [-0.1, -0.05) is 11.6 Å². The van der Waals surface area contributed by atoms with Crippen LogP contribution in [0.2, 0.25) is 5.02 Å². The van der Waals surface area contributed by atoms with Crippen molar-refractivity contribution in [2.24, 2.45) is 0 Å². The second-order valence-corrected chi connectivity index (χ2v) is 6.63. The first kappa shape index (κ1) is 20.1. The van der Waals surface area contributed by atoms with E-state index in [2.05, 4.69) is 0 Å². The standard InChI is InChI=1S/C21H15ClN2O5/c1-3-24-19(25)14(11(2)16(10-23)20(24)26)9-13-5-7-18(29-13)12-4-6-17(22)15(8-12)21(27)28/h4-9H,3H2,1-2H3,(H,27,28)/b14-9+. The molecular formula is C21H15ClN2O5. The van der Waals surface area contributed by atoms with Crippen molar-refractivity contribution in [1.29, 1.82) is 5.26 Å². The van der Waals surface area contributed by atoms with E-state index in [0.717, 1.165) is 4.90 Å². The fraction of sp³-hybridized carbons (Fsp3) is 0.143. The fourth-order valence-electron chi connectivity index (χ4n) is 2.99. The number of benzene rings is 1. The van der Waals surface area contributed by atoms with Gasteiger partial charge in [-0.2, -0.15) is 5.26 Å². The molecule has 0 atom stereocenters. The van der Waals surface area contributed by atoms with E-state index in [1.807, 2.05) is 6.07 Å². The third kappa shape index (κ3) is 3.58. The number of nitriles is 1. The Morgan fingerprint density at radius 2 is 2.00 bits per heavy atom. The second-order valence-electron chi connectivity index (χ2n) is 6.23. The van der Waals surface area contributed by atoms with Gasteiger partial charge in [-0.05, 0) is 55.8 Å². The number of hydrogen-bond donors (Lipinski definition) is 1. The smallest absolute Gasteiger partial charge is 0.337 e. The molecular weight excluding hydrogens is 396 g/mol. The monoisotopic (exact) mass is 410 g/mol. The van der Waals surface area contributed by atoms with Crippen LogP contribution in [0.5, 0.6) is 0 Å². The summed E-state index contributed by atoms with van der Waals surface area (Å²) in [5, 5.41) is 18.6. The van der Waals surface area contributed by atoms with Crippen molar-refractivity contribution in [1.82, 2.24) is 4.90 Å². The number of furan rings is 1. The first-order valence-corrected chi connectivity index (χ1v) is 8.98. The second kappa shape index (κ2) is 7.78. The molecule has 146 valence electrons. The third-order valence-corrected chi connectivity index (χ3v) is 4.87. The molecule has 2 aromatic rings. The van der Waals surface area contributed by atoms with Crippen molar-refractivity contribution in [2.75, 3.05) is 6.54 Å². The number of likely N-dealkylation sites (N-methyl/N-ethyl adjacent to an activating group) is 1. The number of carbonyl (C=O) groups is 3. The maximum Gasteiger partial charge on any atom is 0.337 e. The van der Waals surface area contributed by atoms with E-state index >= 15 is 0 Å². The molecule has 1 aromatic carbocycles. The largest absolute Gasteiger partial charge is 0.478 e. The number of amides is 2. The highest BCUT2D eigenvalue weighted by molar-refractivity contribution is 6.33. The Morgan fingerprint density at radius 3 is 2.62 bits per heavy atom. The van der Waals surface area contributed by atoms with Gasteiger partial charge in [-0.15, -0.1) is 0 Å². The number of nitrogens with zero attached hydrogens (tertiary/aromatic N) is 2. The molecule has 1 aliphatic heterocycles. The summed E-state index contributed by atoms with van der Waals surface area (Å²) in [4.78, 5) is 37.1. The van der Waals surface area contributed by atoms with E-state index in [1.54, 1.807) is 25.1 Å². The lowest BCUT2D eigenvalue weighted by atomic mass is 9.95. The molecule has 0 saturated carbocycles. The maximum absolute atomic E-state index is 12.6. The molecule has 0 unspecified atom stereocenters. The summed E-state index contributed by atoms with van der Waals surface area (Å²) in [5.41, 5.74) is 0.823. The van der Waals surface area contributed by atoms with E-state index in [4.69, 9.17) is 16.0 Å². The lowest BCUT2D eigenvalue weighted by Gasteiger charge is -2.25. The van der Waals surface area contributed by atoms with Crippen molar-refractivity contribution in [3.8, 4) is 17.4 Å². The molecule has 0 radical (unpaired) electrons. The molecule has 1 N–H and O–H groups in total. The summed E-state index contributed by atoms with van der Waals surface area (Å²) in [7, 11) is 0. The van der Waals surface area contributed by atoms with Crippen molar-refractivity contribution in [2.45, 2.75) is 13.8 Å². The number of carbonyl (C=O) groups excluding carboxylic acids is 2. The molecule has 1 aliphatic rings. The van der Waals surface area contributed by atoms with Gasteiger partial charge in [0.2, 0.25) is 0 Å². The highest BCUT2D eigenvalue weighted by Crippen LogP contribution is 2.30. The Kier molecular flexibility index (Phi) is 5.39. The lowest BCUT2D eigenvalue weighted by molar-refractivity contribution is -0.140. The fourth-order valence-corrected chi connectivity index (χ4v) is 3.19. The molecule has 0 bridgehead atoms. The normalized spacial score (nSPS) is 15.8. The average molecular weight is 411 g/mol. The van der Waals surface area contributed by atoms with E-state index in [9.17, 15) is 24.8 Å². The van der Waals surface area contributed by atoms with Crippen molar-refractivity contribution < 1.29 is 23.9 Å². The number of hydrogen-bond acceptors (Lipinski definition) is 5. The summed E-state index contributed by atoms with van der Waals surface area (Å²) < 4.78 is 5.73. The highest BCUT2D eigenvalue weighted by Gasteiger charge is 2.34. The van der Waals surface area contributed by atoms with Crippen LogP contribution in [-0.2, 0) is 9.59 Å². The van der Waals surface area contributed by atoms with Gasteiger partial charge in [-0.3, -0.25) is 14.5 Å². The van der Waals surface area contributed by atoms with Crippen molar-refractivity contribution in [3.63, 3.8) is 0 Å². The zero-order valence-electron chi connectivity index (χ0n) is 15.5. The van der Waals surface area contributed by atoms with E-state index in [-0.39, 0.29) is 33.9 Å². The summed E-state index contributed by atoms with van der Waals surface area (Å²) in [6.07, 6.45) is 1.46. The number of imide groups is 1. The molecule has 1 aromatic heterocycles. The van der Waals surface area contributed by atoms with Crippen LogP contribution in [0.15, 0.2) is 51.5 Å². The Bertz CT molecular complexity index is 1150. The Labute approximate surface area is 171 Å². The minimum atomic E-state index is -1.16. The van der Waals surface area contributed by atoms with Gasteiger partial charge in [-0.25, -0.2) is 4.79 Å². The molecule has 0 fully saturated rings. The third-order valence-electron chi connectivity index (χ3n) is 4.54. The van der Waals surface area contributed by atoms with Gasteiger partial charge in [0, 0.05) is 17.7 Å². The Hall–Kier alpha value is -3.63. The zero-order chi connectivity index (χ0) is 21.3. The summed E-state index contributed by atoms with van der Waals surface area (Å²) in [6.45, 7) is 3.32. The predicted molar refractivity (Wildman–Crippen MR) is 105 cm³/mol. The van der Waals surface area contributed by atoms with Gasteiger partial charge in [0.05, 0.1) is 10.6 Å². The molecule has 2 heterocycles. The number of carboxylic acid groups (broad SMARTS) is 1. The topological polar surface area (TPSA) is 112 Å². The molecule has 0 spiro atoms. The van der Waals surface area contributed by atoms with Crippen LogP contribution in [0, 0.1) is 11.3 Å². The maximum atomic E-state index is 12.6. The molecule has 0 aliphatic carbocycles. The summed E-state index contributed by atoms with van der Waals surface area (Å²) in [6, 6.07) is 9.56. The van der Waals surface area contributed by atoms with Gasteiger partial charge < -0.3 is 9.52 Å². The van der Waals surface area contributed by atoms with Crippen LogP contribution in [0.25, 0.3) is 17.4 Å². The number of halogens is 1. The van der Waals surface area contributed by atoms with Gasteiger partial charge >= 0.3 is 5.97 Å². The van der Waals surface area contributed by atoms with Gasteiger partial charge in [0.15, 0.2) is 0 Å². The van der Waals surface area contributed by atoms with Gasteiger partial charge in [0.25, 0.3) is 11.8 Å². The minimum Gasteiger partial charge on any atom is -0.478 e. The highest BCUT2D eigenvalue weighted by atomic mass is 35.5. The first-order chi connectivity index (χ1) is 13.8. The molecule has 3 rings (SSSR count). The Balaban J connectivity index is 2.04. The van der Waals surface area contributed by atoms with Crippen LogP contribution < -0.4 is 0 Å². The van der Waals surface area contributed by atoms with Gasteiger partial charge in [0.1, 0.15) is 23.2 Å². The van der Waals surface area contributed by atoms with E-state index < -0.39 is 17.8 Å². The van der Waals surface area contributed by atoms with Crippen LogP contribution in [0.3, 0.4) is 0 Å². The van der Waals surface area contributed by atoms with Crippen LogP contribution >= 0.6 is 11.6 Å². The van der Waals surface area contributed by atoms with Crippen LogP contribution in [-0.4, -0.2) is 34.3 Å². The molecule has 0 saturated heterocycles. The number of carboxylic acids is 1. The Morgan fingerprint density at radius 1 is 1.28 bits per heavy atom. The number of rotatable bonds is 4. The summed E-state index contributed by atoms with van der Waals surface area (Å²) in [5.74, 6) is -1.58. The van der Waals surface area contributed by atoms with Crippen molar-refractivity contribution in [3.05, 3.63) is 63.4 Å². The SMILES string of the molecule is CCN1C(=O)C(C#N)=C(C)/C(=C\c2ccc(-c3ccc(Cl)c(C(=O)O)c3)o2)C1=O. The molecule has 2 amide bonds. The molecule has 29 heavy (non-hydrogen) atoms. The molecule has 7 nitrogen and oxygen atoms in total. The first-order valence-electron chi connectivity index (χ1n) is 8.60. The molecule has 8 heteroatoms. The minimum absolute atomic E-state index is 0.0579. The van der Waals surface area contributed by atoms with E-state index in [1.165, 1.54) is 25.1 Å².